The molecule has 2 aromatic carbocycles. The molecule has 0 heterocycles. The first-order chi connectivity index (χ1) is 11.6. The Kier molecular flexibility index (Phi) is 6.39. The summed E-state index contributed by atoms with van der Waals surface area (Å²) in [6, 6.07) is 13.9. The molecule has 4 nitrogen and oxygen atoms in total. The van der Waals surface area contributed by atoms with Crippen LogP contribution < -0.4 is 0 Å². The number of benzene rings is 2. The zero-order valence-corrected chi connectivity index (χ0v) is 13.7. The molecule has 0 aromatic heterocycles. The first-order valence-electron chi connectivity index (χ1n) is 7.87. The molecule has 1 unspecified atom stereocenters. The molecule has 0 spiro atoms. The van der Waals surface area contributed by atoms with E-state index in [1.807, 2.05) is 42.5 Å². The number of ether oxygens (including phenoxy) is 2. The highest BCUT2D eigenvalue weighted by atomic mass is 16.5. The van der Waals surface area contributed by atoms with Crippen molar-refractivity contribution >= 4 is 22.7 Å². The SMILES string of the molecule is C#CC(C)OC(=O)CCCC(=O)OCc1ccc2ccccc2c1. The second kappa shape index (κ2) is 8.73. The minimum Gasteiger partial charge on any atom is -0.461 e. The third-order valence-electron chi connectivity index (χ3n) is 3.52. The van der Waals surface area contributed by atoms with Crippen molar-refractivity contribution in [3.05, 3.63) is 48.0 Å². The molecule has 0 aliphatic rings. The Hall–Kier alpha value is -2.80. The number of esters is 2. The van der Waals surface area contributed by atoms with Crippen LogP contribution in [0.25, 0.3) is 10.8 Å². The van der Waals surface area contributed by atoms with Gasteiger partial charge in [-0.1, -0.05) is 42.3 Å². The normalized spacial score (nSPS) is 11.5. The molecule has 1 atom stereocenters. The lowest BCUT2D eigenvalue weighted by molar-refractivity contribution is -0.147. The van der Waals surface area contributed by atoms with Crippen LogP contribution in [0.15, 0.2) is 42.5 Å². The van der Waals surface area contributed by atoms with Crippen LogP contribution in [0.3, 0.4) is 0 Å². The molecule has 0 bridgehead atoms. The van der Waals surface area contributed by atoms with Crippen LogP contribution in [-0.4, -0.2) is 18.0 Å². The predicted molar refractivity (Wildman–Crippen MR) is 92.0 cm³/mol. The fraction of sp³-hybridized carbons (Fsp3) is 0.300. The lowest BCUT2D eigenvalue weighted by atomic mass is 10.1. The molecular formula is C20H20O4. The van der Waals surface area contributed by atoms with Crippen LogP contribution in [0.2, 0.25) is 0 Å². The fourth-order valence-corrected chi connectivity index (χ4v) is 2.23. The van der Waals surface area contributed by atoms with E-state index in [-0.39, 0.29) is 25.4 Å². The van der Waals surface area contributed by atoms with Gasteiger partial charge in [-0.15, -0.1) is 6.42 Å². The monoisotopic (exact) mass is 324 g/mol. The van der Waals surface area contributed by atoms with Gasteiger partial charge in [-0.05, 0) is 35.7 Å². The van der Waals surface area contributed by atoms with Crippen molar-refractivity contribution in [1.29, 1.82) is 0 Å². The largest absolute Gasteiger partial charge is 0.461 e. The molecule has 2 rings (SSSR count). The van der Waals surface area contributed by atoms with Crippen molar-refractivity contribution in [2.75, 3.05) is 0 Å². The minimum atomic E-state index is -0.544. The number of carbonyl (C=O) groups is 2. The lowest BCUT2D eigenvalue weighted by Crippen LogP contribution is -2.13. The molecule has 0 radical (unpaired) electrons. The minimum absolute atomic E-state index is 0.150. The van der Waals surface area contributed by atoms with Crippen molar-refractivity contribution in [1.82, 2.24) is 0 Å². The van der Waals surface area contributed by atoms with Crippen LogP contribution in [-0.2, 0) is 25.7 Å². The zero-order valence-electron chi connectivity index (χ0n) is 13.7. The van der Waals surface area contributed by atoms with E-state index in [1.165, 1.54) is 0 Å². The van der Waals surface area contributed by atoms with Gasteiger partial charge in [0.2, 0.25) is 0 Å². The Bertz CT molecular complexity index is 758. The Morgan fingerprint density at radius 3 is 2.54 bits per heavy atom. The van der Waals surface area contributed by atoms with Gasteiger partial charge >= 0.3 is 11.9 Å². The van der Waals surface area contributed by atoms with Crippen molar-refractivity contribution in [2.45, 2.75) is 38.9 Å². The highest BCUT2D eigenvalue weighted by molar-refractivity contribution is 5.83. The van der Waals surface area contributed by atoms with E-state index in [0.29, 0.717) is 6.42 Å². The number of hydrogen-bond donors (Lipinski definition) is 0. The van der Waals surface area contributed by atoms with Gasteiger partial charge in [-0.2, -0.15) is 0 Å². The summed E-state index contributed by atoms with van der Waals surface area (Å²) >= 11 is 0. The summed E-state index contributed by atoms with van der Waals surface area (Å²) in [6.07, 6.45) is 5.29. The summed E-state index contributed by atoms with van der Waals surface area (Å²) in [5.74, 6) is 1.58. The maximum absolute atomic E-state index is 11.7. The van der Waals surface area contributed by atoms with Gasteiger partial charge in [0, 0.05) is 12.8 Å². The van der Waals surface area contributed by atoms with E-state index in [2.05, 4.69) is 5.92 Å². The van der Waals surface area contributed by atoms with Crippen LogP contribution in [0.1, 0.15) is 31.7 Å². The third-order valence-corrected chi connectivity index (χ3v) is 3.52. The first kappa shape index (κ1) is 17.6. The van der Waals surface area contributed by atoms with E-state index >= 15 is 0 Å². The molecule has 0 aliphatic heterocycles. The molecule has 0 fully saturated rings. The smallest absolute Gasteiger partial charge is 0.307 e. The van der Waals surface area contributed by atoms with Gasteiger partial charge in [0.1, 0.15) is 6.61 Å². The summed E-state index contributed by atoms with van der Waals surface area (Å²) < 4.78 is 10.2. The Labute approximate surface area is 141 Å². The van der Waals surface area contributed by atoms with Gasteiger partial charge in [-0.3, -0.25) is 9.59 Å². The van der Waals surface area contributed by atoms with Gasteiger partial charge < -0.3 is 9.47 Å². The van der Waals surface area contributed by atoms with E-state index in [1.54, 1.807) is 6.92 Å². The number of fused-ring (bicyclic) bond motifs is 1. The van der Waals surface area contributed by atoms with Crippen LogP contribution >= 0.6 is 0 Å². The maximum Gasteiger partial charge on any atom is 0.307 e. The summed E-state index contributed by atoms with van der Waals surface area (Å²) in [4.78, 5) is 23.2. The van der Waals surface area contributed by atoms with Gasteiger partial charge in [-0.25, -0.2) is 0 Å². The molecule has 0 N–H and O–H groups in total. The maximum atomic E-state index is 11.7. The van der Waals surface area contributed by atoms with Crippen LogP contribution in [0.4, 0.5) is 0 Å². The van der Waals surface area contributed by atoms with E-state index in [9.17, 15) is 9.59 Å². The van der Waals surface area contributed by atoms with E-state index < -0.39 is 12.1 Å². The summed E-state index contributed by atoms with van der Waals surface area (Å²) in [6.45, 7) is 1.85. The van der Waals surface area contributed by atoms with Gasteiger partial charge in [0.25, 0.3) is 0 Å². The number of hydrogen-bond acceptors (Lipinski definition) is 4. The van der Waals surface area contributed by atoms with E-state index in [4.69, 9.17) is 15.9 Å². The second-order valence-electron chi connectivity index (χ2n) is 5.49. The van der Waals surface area contributed by atoms with Gasteiger partial charge in [0.05, 0.1) is 0 Å². The molecule has 4 heteroatoms. The molecule has 2 aromatic rings. The predicted octanol–water partition coefficient (Wildman–Crippen LogP) is 3.62. The van der Waals surface area contributed by atoms with Crippen molar-refractivity contribution in [3.63, 3.8) is 0 Å². The molecule has 0 aliphatic carbocycles. The molecule has 24 heavy (non-hydrogen) atoms. The lowest BCUT2D eigenvalue weighted by Gasteiger charge is -2.08. The average Bonchev–Trinajstić information content (AvgIpc) is 2.59. The average molecular weight is 324 g/mol. The topological polar surface area (TPSA) is 52.6 Å². The summed E-state index contributed by atoms with van der Waals surface area (Å²) in [5, 5.41) is 2.25. The highest BCUT2D eigenvalue weighted by Gasteiger charge is 2.09. The summed E-state index contributed by atoms with van der Waals surface area (Å²) in [5.41, 5.74) is 0.935. The number of terminal acetylenes is 1. The van der Waals surface area contributed by atoms with Crippen molar-refractivity contribution in [3.8, 4) is 12.3 Å². The van der Waals surface area contributed by atoms with Crippen molar-refractivity contribution < 1.29 is 19.1 Å². The van der Waals surface area contributed by atoms with E-state index in [0.717, 1.165) is 16.3 Å². The van der Waals surface area contributed by atoms with Crippen molar-refractivity contribution in [2.24, 2.45) is 0 Å². The Morgan fingerprint density at radius 2 is 1.79 bits per heavy atom. The Morgan fingerprint density at radius 1 is 1.08 bits per heavy atom. The quantitative estimate of drug-likeness (QED) is 0.576. The molecule has 0 saturated heterocycles. The standard InChI is InChI=1S/C20H20O4/c1-3-15(2)24-20(22)10-6-9-19(21)23-14-16-11-12-17-7-4-5-8-18(17)13-16/h1,4-5,7-8,11-13,15H,6,9-10,14H2,2H3. The molecular weight excluding hydrogens is 304 g/mol. The number of rotatable bonds is 7. The second-order valence-corrected chi connectivity index (χ2v) is 5.49. The zero-order chi connectivity index (χ0) is 17.4. The molecule has 124 valence electrons. The highest BCUT2D eigenvalue weighted by Crippen LogP contribution is 2.16. The molecule has 0 amide bonds. The third kappa shape index (κ3) is 5.44. The van der Waals surface area contributed by atoms with Crippen LogP contribution in [0, 0.1) is 12.3 Å². The van der Waals surface area contributed by atoms with Gasteiger partial charge in [0.15, 0.2) is 6.10 Å². The fourth-order valence-electron chi connectivity index (χ4n) is 2.23. The molecule has 0 saturated carbocycles. The van der Waals surface area contributed by atoms with Crippen LogP contribution in [0.5, 0.6) is 0 Å². The Balaban J connectivity index is 1.72. The number of carbonyl (C=O) groups excluding carboxylic acids is 2. The summed E-state index contributed by atoms with van der Waals surface area (Å²) in [7, 11) is 0. The first-order valence-corrected chi connectivity index (χ1v) is 7.87.